The minimum atomic E-state index is -0.137. The molecule has 0 aliphatic heterocycles. The van der Waals surface area contributed by atoms with Gasteiger partial charge >= 0.3 is 0 Å². The van der Waals surface area contributed by atoms with Crippen LogP contribution in [-0.2, 0) is 0 Å². The average Bonchev–Trinajstić information content (AvgIpc) is 3.03. The lowest BCUT2D eigenvalue weighted by Gasteiger charge is -2.01. The fraction of sp³-hybridized carbons (Fsp3) is 0. The molecule has 0 atom stereocenters. The summed E-state index contributed by atoms with van der Waals surface area (Å²) in [6.45, 7) is 0. The van der Waals surface area contributed by atoms with Gasteiger partial charge in [-0.3, -0.25) is 9.78 Å². The predicted octanol–water partition coefficient (Wildman–Crippen LogP) is 3.79. The van der Waals surface area contributed by atoms with Crippen molar-refractivity contribution in [1.82, 2.24) is 15.0 Å². The first-order valence-electron chi connectivity index (χ1n) is 7.04. The van der Waals surface area contributed by atoms with Crippen LogP contribution >= 0.6 is 11.3 Å². The SMILES string of the molecule is O=c1[nH]c2ccccc2cc1-c1csc(Nc2cccnc2)n1. The highest BCUT2D eigenvalue weighted by Gasteiger charge is 2.10. The Bertz CT molecular complexity index is 1020. The third-order valence-electron chi connectivity index (χ3n) is 3.45. The second-order valence-electron chi connectivity index (χ2n) is 5.00. The second kappa shape index (κ2) is 5.66. The first-order chi connectivity index (χ1) is 11.3. The fourth-order valence-corrected chi connectivity index (χ4v) is 3.08. The van der Waals surface area contributed by atoms with Gasteiger partial charge in [0.1, 0.15) is 0 Å². The van der Waals surface area contributed by atoms with E-state index in [2.05, 4.69) is 20.3 Å². The van der Waals surface area contributed by atoms with E-state index in [-0.39, 0.29) is 5.56 Å². The molecular formula is C17H12N4OS. The maximum atomic E-state index is 12.3. The van der Waals surface area contributed by atoms with Gasteiger partial charge in [0.15, 0.2) is 5.13 Å². The lowest BCUT2D eigenvalue weighted by atomic mass is 10.1. The van der Waals surface area contributed by atoms with E-state index in [1.165, 1.54) is 11.3 Å². The highest BCUT2D eigenvalue weighted by Crippen LogP contribution is 2.26. The number of benzene rings is 1. The van der Waals surface area contributed by atoms with Crippen LogP contribution in [0.15, 0.2) is 65.0 Å². The lowest BCUT2D eigenvalue weighted by molar-refractivity contribution is 1.28. The highest BCUT2D eigenvalue weighted by atomic mass is 32.1. The number of hydrogen-bond acceptors (Lipinski definition) is 5. The maximum Gasteiger partial charge on any atom is 0.257 e. The van der Waals surface area contributed by atoms with E-state index in [9.17, 15) is 4.79 Å². The molecule has 112 valence electrons. The van der Waals surface area contributed by atoms with E-state index >= 15 is 0 Å². The normalized spacial score (nSPS) is 10.8. The molecule has 1 aromatic carbocycles. The monoisotopic (exact) mass is 320 g/mol. The largest absolute Gasteiger partial charge is 0.330 e. The van der Waals surface area contributed by atoms with Crippen LogP contribution in [0.3, 0.4) is 0 Å². The molecule has 0 saturated heterocycles. The lowest BCUT2D eigenvalue weighted by Crippen LogP contribution is -2.08. The molecule has 0 fully saturated rings. The minimum absolute atomic E-state index is 0.137. The van der Waals surface area contributed by atoms with Crippen LogP contribution in [-0.4, -0.2) is 15.0 Å². The number of hydrogen-bond donors (Lipinski definition) is 2. The second-order valence-corrected chi connectivity index (χ2v) is 5.86. The van der Waals surface area contributed by atoms with Gasteiger partial charge in [0.2, 0.25) is 0 Å². The summed E-state index contributed by atoms with van der Waals surface area (Å²) in [5.41, 5.74) is 2.78. The molecule has 0 bridgehead atoms. The zero-order valence-electron chi connectivity index (χ0n) is 12.0. The number of thiazole rings is 1. The van der Waals surface area contributed by atoms with Crippen molar-refractivity contribution in [3.05, 3.63) is 70.6 Å². The van der Waals surface area contributed by atoms with Crippen molar-refractivity contribution in [2.24, 2.45) is 0 Å². The van der Waals surface area contributed by atoms with Gasteiger partial charge in [0, 0.05) is 17.1 Å². The summed E-state index contributed by atoms with van der Waals surface area (Å²) in [5.74, 6) is 0. The molecular weight excluding hydrogens is 308 g/mol. The standard InChI is InChI=1S/C17H12N4OS/c22-16-13(8-11-4-1-2-6-14(11)20-16)15-10-23-17(21-15)19-12-5-3-7-18-9-12/h1-10H,(H,19,21)(H,20,22). The quantitative estimate of drug-likeness (QED) is 0.602. The van der Waals surface area contributed by atoms with Gasteiger partial charge in [-0.25, -0.2) is 4.98 Å². The molecule has 0 aliphatic carbocycles. The molecule has 3 heterocycles. The van der Waals surface area contributed by atoms with Crippen LogP contribution in [0.2, 0.25) is 0 Å². The maximum absolute atomic E-state index is 12.3. The Morgan fingerprint density at radius 2 is 2.04 bits per heavy atom. The highest BCUT2D eigenvalue weighted by molar-refractivity contribution is 7.14. The number of pyridine rings is 2. The van der Waals surface area contributed by atoms with Gasteiger partial charge in [-0.15, -0.1) is 11.3 Å². The number of para-hydroxylation sites is 1. The number of nitrogens with one attached hydrogen (secondary N) is 2. The van der Waals surface area contributed by atoms with Gasteiger partial charge < -0.3 is 10.3 Å². The molecule has 4 aromatic rings. The smallest absolute Gasteiger partial charge is 0.257 e. The van der Waals surface area contributed by atoms with E-state index in [0.717, 1.165) is 21.7 Å². The zero-order valence-corrected chi connectivity index (χ0v) is 12.8. The van der Waals surface area contributed by atoms with E-state index in [0.29, 0.717) is 11.3 Å². The molecule has 0 radical (unpaired) electrons. The Kier molecular flexibility index (Phi) is 3.36. The molecule has 0 saturated carbocycles. The molecule has 0 unspecified atom stereocenters. The Hall–Kier alpha value is -2.99. The molecule has 23 heavy (non-hydrogen) atoms. The van der Waals surface area contributed by atoms with Crippen LogP contribution in [0, 0.1) is 0 Å². The molecule has 0 aliphatic rings. The summed E-state index contributed by atoms with van der Waals surface area (Å²) in [4.78, 5) is 23.7. The number of nitrogens with zero attached hydrogens (tertiary/aromatic N) is 2. The Morgan fingerprint density at radius 3 is 2.91 bits per heavy atom. The zero-order chi connectivity index (χ0) is 15.6. The minimum Gasteiger partial charge on any atom is -0.330 e. The fourth-order valence-electron chi connectivity index (χ4n) is 2.35. The van der Waals surface area contributed by atoms with Gasteiger partial charge in [-0.1, -0.05) is 18.2 Å². The van der Waals surface area contributed by atoms with Crippen LogP contribution in [0.1, 0.15) is 0 Å². The molecule has 6 heteroatoms. The summed E-state index contributed by atoms with van der Waals surface area (Å²) in [7, 11) is 0. The van der Waals surface area contributed by atoms with Crippen LogP contribution in [0.4, 0.5) is 10.8 Å². The van der Waals surface area contributed by atoms with Crippen molar-refractivity contribution in [3.63, 3.8) is 0 Å². The number of rotatable bonds is 3. The molecule has 0 spiro atoms. The summed E-state index contributed by atoms with van der Waals surface area (Å²) in [6.07, 6.45) is 3.44. The van der Waals surface area contributed by atoms with Crippen molar-refractivity contribution in [2.45, 2.75) is 0 Å². The van der Waals surface area contributed by atoms with Crippen molar-refractivity contribution in [1.29, 1.82) is 0 Å². The summed E-state index contributed by atoms with van der Waals surface area (Å²) < 4.78 is 0. The predicted molar refractivity (Wildman–Crippen MR) is 93.2 cm³/mol. The molecule has 4 rings (SSSR count). The van der Waals surface area contributed by atoms with E-state index in [4.69, 9.17) is 0 Å². The van der Waals surface area contributed by atoms with Crippen molar-refractivity contribution in [3.8, 4) is 11.3 Å². The number of aromatic nitrogens is 3. The van der Waals surface area contributed by atoms with Gasteiger partial charge in [0.25, 0.3) is 5.56 Å². The van der Waals surface area contributed by atoms with Gasteiger partial charge in [-0.2, -0.15) is 0 Å². The number of aromatic amines is 1. The third-order valence-corrected chi connectivity index (χ3v) is 4.20. The number of fused-ring (bicyclic) bond motifs is 1. The van der Waals surface area contributed by atoms with Crippen molar-refractivity contribution < 1.29 is 0 Å². The number of H-pyrrole nitrogens is 1. The van der Waals surface area contributed by atoms with Crippen LogP contribution in [0.25, 0.3) is 22.2 Å². The summed E-state index contributed by atoms with van der Waals surface area (Å²) in [6, 6.07) is 13.3. The topological polar surface area (TPSA) is 70.7 Å². The van der Waals surface area contributed by atoms with E-state index in [1.807, 2.05) is 47.8 Å². The van der Waals surface area contributed by atoms with E-state index < -0.39 is 0 Å². The molecule has 0 amide bonds. The van der Waals surface area contributed by atoms with Gasteiger partial charge in [0.05, 0.1) is 23.1 Å². The number of anilines is 2. The first kappa shape index (κ1) is 13.7. The van der Waals surface area contributed by atoms with Crippen LogP contribution in [0.5, 0.6) is 0 Å². The van der Waals surface area contributed by atoms with Crippen molar-refractivity contribution >= 4 is 33.1 Å². The summed E-state index contributed by atoms with van der Waals surface area (Å²) in [5, 5.41) is 6.76. The average molecular weight is 320 g/mol. The summed E-state index contributed by atoms with van der Waals surface area (Å²) >= 11 is 1.45. The molecule has 3 aromatic heterocycles. The Morgan fingerprint density at radius 1 is 1.13 bits per heavy atom. The van der Waals surface area contributed by atoms with Crippen molar-refractivity contribution in [2.75, 3.05) is 5.32 Å². The Balaban J connectivity index is 1.71. The third kappa shape index (κ3) is 2.72. The molecule has 5 nitrogen and oxygen atoms in total. The van der Waals surface area contributed by atoms with E-state index in [1.54, 1.807) is 12.4 Å². The first-order valence-corrected chi connectivity index (χ1v) is 7.92. The Labute approximate surface area is 135 Å². The molecule has 2 N–H and O–H groups in total. The van der Waals surface area contributed by atoms with Crippen LogP contribution < -0.4 is 10.9 Å². The van der Waals surface area contributed by atoms with Gasteiger partial charge in [-0.05, 0) is 29.7 Å².